The number of carbonyl (C=O) groups excluding carboxylic acids is 1. The van der Waals surface area contributed by atoms with E-state index in [9.17, 15) is 4.79 Å². The molecule has 3 heterocycles. The van der Waals surface area contributed by atoms with Gasteiger partial charge in [0.2, 0.25) is 0 Å². The Morgan fingerprint density at radius 3 is 2.31 bits per heavy atom. The maximum atomic E-state index is 11.5. The molecule has 1 aliphatic carbocycles. The first kappa shape index (κ1) is 10.4. The molecular weight excluding hydrogens is 206 g/mol. The van der Waals surface area contributed by atoms with Crippen molar-refractivity contribution in [3.8, 4) is 0 Å². The molecule has 3 saturated heterocycles. The van der Waals surface area contributed by atoms with Crippen molar-refractivity contribution < 1.29 is 14.3 Å². The lowest BCUT2D eigenvalue weighted by molar-refractivity contribution is -0.0606. The van der Waals surface area contributed by atoms with Crippen LogP contribution in [0.25, 0.3) is 0 Å². The number of fused-ring (bicyclic) bond motifs is 3. The standard InChI is InChI=1S/C12H19NO3/c1-8-6-10(8)15-12(14)16-11-7-13-4-2-9(11)3-5-13/h8-11H,2-7H2,1H3. The third-order valence-electron chi connectivity index (χ3n) is 4.13. The molecule has 2 bridgehead atoms. The van der Waals surface area contributed by atoms with Crippen LogP contribution in [0.3, 0.4) is 0 Å². The van der Waals surface area contributed by atoms with Gasteiger partial charge in [-0.25, -0.2) is 4.79 Å². The van der Waals surface area contributed by atoms with Crippen molar-refractivity contribution in [3.63, 3.8) is 0 Å². The fraction of sp³-hybridized carbons (Fsp3) is 0.917. The van der Waals surface area contributed by atoms with E-state index in [-0.39, 0.29) is 12.2 Å². The molecule has 3 atom stereocenters. The predicted molar refractivity (Wildman–Crippen MR) is 58.1 cm³/mol. The highest BCUT2D eigenvalue weighted by molar-refractivity contribution is 5.60. The third kappa shape index (κ3) is 2.03. The highest BCUT2D eigenvalue weighted by atomic mass is 16.7. The molecule has 90 valence electrons. The summed E-state index contributed by atoms with van der Waals surface area (Å²) in [6.07, 6.45) is 3.07. The van der Waals surface area contributed by atoms with Gasteiger partial charge in [-0.1, -0.05) is 6.92 Å². The number of piperidine rings is 3. The van der Waals surface area contributed by atoms with Crippen molar-refractivity contribution in [1.82, 2.24) is 4.90 Å². The van der Waals surface area contributed by atoms with Crippen LogP contribution in [0.1, 0.15) is 26.2 Å². The van der Waals surface area contributed by atoms with Crippen LogP contribution in [-0.2, 0) is 9.47 Å². The monoisotopic (exact) mass is 225 g/mol. The average molecular weight is 225 g/mol. The quantitative estimate of drug-likeness (QED) is 0.670. The van der Waals surface area contributed by atoms with Crippen molar-refractivity contribution in [2.24, 2.45) is 11.8 Å². The number of nitrogens with zero attached hydrogens (tertiary/aromatic N) is 1. The van der Waals surface area contributed by atoms with Gasteiger partial charge in [0.05, 0.1) is 0 Å². The SMILES string of the molecule is CC1CC1OC(=O)OC1CN2CCC1CC2. The van der Waals surface area contributed by atoms with E-state index in [1.807, 2.05) is 0 Å². The molecule has 0 amide bonds. The summed E-state index contributed by atoms with van der Waals surface area (Å²) in [6, 6.07) is 0. The molecule has 0 spiro atoms. The second-order valence-electron chi connectivity index (χ2n) is 5.41. The van der Waals surface area contributed by atoms with Crippen molar-refractivity contribution in [3.05, 3.63) is 0 Å². The summed E-state index contributed by atoms with van der Waals surface area (Å²) >= 11 is 0. The van der Waals surface area contributed by atoms with E-state index >= 15 is 0 Å². The van der Waals surface area contributed by atoms with E-state index < -0.39 is 6.16 Å². The summed E-state index contributed by atoms with van der Waals surface area (Å²) in [7, 11) is 0. The van der Waals surface area contributed by atoms with Gasteiger partial charge in [0, 0.05) is 6.54 Å². The van der Waals surface area contributed by atoms with Crippen LogP contribution in [-0.4, -0.2) is 42.9 Å². The third-order valence-corrected chi connectivity index (χ3v) is 4.13. The van der Waals surface area contributed by atoms with Gasteiger partial charge in [-0.05, 0) is 44.2 Å². The second-order valence-corrected chi connectivity index (χ2v) is 5.41. The molecule has 0 N–H and O–H groups in total. The zero-order valence-electron chi connectivity index (χ0n) is 9.72. The molecule has 4 rings (SSSR count). The van der Waals surface area contributed by atoms with Crippen LogP contribution in [0.4, 0.5) is 4.79 Å². The molecule has 4 aliphatic rings. The number of carbonyl (C=O) groups is 1. The van der Waals surface area contributed by atoms with E-state index in [2.05, 4.69) is 11.8 Å². The van der Waals surface area contributed by atoms with Crippen LogP contribution < -0.4 is 0 Å². The van der Waals surface area contributed by atoms with Gasteiger partial charge in [0.15, 0.2) is 0 Å². The lowest BCUT2D eigenvalue weighted by Crippen LogP contribution is -2.52. The Hall–Kier alpha value is -0.770. The zero-order valence-corrected chi connectivity index (χ0v) is 9.72. The van der Waals surface area contributed by atoms with Crippen LogP contribution in [0.15, 0.2) is 0 Å². The largest absolute Gasteiger partial charge is 0.508 e. The zero-order chi connectivity index (χ0) is 11.1. The Labute approximate surface area is 95.9 Å². The summed E-state index contributed by atoms with van der Waals surface area (Å²) in [5, 5.41) is 0. The summed E-state index contributed by atoms with van der Waals surface area (Å²) in [5.74, 6) is 1.09. The number of ether oxygens (including phenoxy) is 2. The Bertz CT molecular complexity index is 286. The van der Waals surface area contributed by atoms with Gasteiger partial charge in [0.1, 0.15) is 12.2 Å². The number of rotatable bonds is 2. The lowest BCUT2D eigenvalue weighted by Gasteiger charge is -2.43. The maximum Gasteiger partial charge on any atom is 0.508 e. The topological polar surface area (TPSA) is 38.8 Å². The van der Waals surface area contributed by atoms with Crippen LogP contribution in [0.2, 0.25) is 0 Å². The molecule has 3 unspecified atom stereocenters. The molecular formula is C12H19NO3. The fourth-order valence-electron chi connectivity index (χ4n) is 2.77. The van der Waals surface area contributed by atoms with E-state index in [1.54, 1.807) is 0 Å². The first-order chi connectivity index (χ1) is 7.72. The molecule has 16 heavy (non-hydrogen) atoms. The van der Waals surface area contributed by atoms with Gasteiger partial charge in [-0.15, -0.1) is 0 Å². The lowest BCUT2D eigenvalue weighted by atomic mass is 9.86. The summed E-state index contributed by atoms with van der Waals surface area (Å²) < 4.78 is 10.6. The summed E-state index contributed by atoms with van der Waals surface area (Å²) in [4.78, 5) is 13.9. The number of hydrogen-bond donors (Lipinski definition) is 0. The van der Waals surface area contributed by atoms with Gasteiger partial charge >= 0.3 is 6.16 Å². The minimum atomic E-state index is -0.451. The van der Waals surface area contributed by atoms with Crippen LogP contribution >= 0.6 is 0 Å². The molecule has 4 heteroatoms. The molecule has 4 fully saturated rings. The Balaban J connectivity index is 1.49. The van der Waals surface area contributed by atoms with E-state index in [0.29, 0.717) is 11.8 Å². The van der Waals surface area contributed by atoms with Gasteiger partial charge in [-0.3, -0.25) is 4.90 Å². The highest BCUT2D eigenvalue weighted by Gasteiger charge is 2.40. The molecule has 0 aromatic heterocycles. The normalized spacial score (nSPS) is 45.2. The molecule has 3 aliphatic heterocycles. The Morgan fingerprint density at radius 2 is 1.81 bits per heavy atom. The summed E-state index contributed by atoms with van der Waals surface area (Å²) in [6.45, 7) is 5.32. The first-order valence-electron chi connectivity index (χ1n) is 6.32. The average Bonchev–Trinajstić information content (AvgIpc) is 2.95. The minimum Gasteiger partial charge on any atom is -0.431 e. The molecule has 4 nitrogen and oxygen atoms in total. The van der Waals surface area contributed by atoms with Gasteiger partial charge in [0.25, 0.3) is 0 Å². The minimum absolute atomic E-state index is 0.0732. The highest BCUT2D eigenvalue weighted by Crippen LogP contribution is 2.34. The van der Waals surface area contributed by atoms with Crippen LogP contribution in [0.5, 0.6) is 0 Å². The van der Waals surface area contributed by atoms with Crippen molar-refractivity contribution >= 4 is 6.16 Å². The Morgan fingerprint density at radius 1 is 1.19 bits per heavy atom. The molecule has 0 radical (unpaired) electrons. The van der Waals surface area contributed by atoms with Crippen molar-refractivity contribution in [1.29, 1.82) is 0 Å². The fourth-order valence-corrected chi connectivity index (χ4v) is 2.77. The van der Waals surface area contributed by atoms with Crippen molar-refractivity contribution in [2.75, 3.05) is 19.6 Å². The first-order valence-corrected chi connectivity index (χ1v) is 6.32. The van der Waals surface area contributed by atoms with Gasteiger partial charge < -0.3 is 9.47 Å². The van der Waals surface area contributed by atoms with Gasteiger partial charge in [-0.2, -0.15) is 0 Å². The van der Waals surface area contributed by atoms with E-state index in [4.69, 9.17) is 9.47 Å². The number of hydrogen-bond acceptors (Lipinski definition) is 4. The van der Waals surface area contributed by atoms with E-state index in [0.717, 1.165) is 25.8 Å². The predicted octanol–water partition coefficient (Wildman–Crippen LogP) is 1.64. The molecule has 1 saturated carbocycles. The maximum absolute atomic E-state index is 11.5. The van der Waals surface area contributed by atoms with E-state index in [1.165, 1.54) is 13.1 Å². The van der Waals surface area contributed by atoms with Crippen molar-refractivity contribution in [2.45, 2.75) is 38.4 Å². The molecule has 0 aromatic rings. The summed E-state index contributed by atoms with van der Waals surface area (Å²) in [5.41, 5.74) is 0. The Kier molecular flexibility index (Phi) is 2.54. The second kappa shape index (κ2) is 3.91. The smallest absolute Gasteiger partial charge is 0.431 e. The van der Waals surface area contributed by atoms with Crippen LogP contribution in [0, 0.1) is 11.8 Å². The molecule has 0 aromatic carbocycles.